The highest BCUT2D eigenvalue weighted by molar-refractivity contribution is 6.00. The molecular weight excluding hydrogens is 1320 g/mol. The van der Waals surface area contributed by atoms with Crippen LogP contribution in [0, 0.1) is 23.7 Å². The van der Waals surface area contributed by atoms with Gasteiger partial charge in [0.05, 0.1) is 19.1 Å². The fourth-order valence-corrected chi connectivity index (χ4v) is 12.7. The molecule has 2 aliphatic heterocycles. The Balaban J connectivity index is 1.99. The number of hydrogen-bond acceptors (Lipinski definition) is 14. The number of nitrogens with one attached hydrogen (secondary N) is 4. The van der Waals surface area contributed by atoms with Crippen LogP contribution < -0.4 is 26.0 Å². The first-order chi connectivity index (χ1) is 47.9. The Hall–Kier alpha value is -8.30. The van der Waals surface area contributed by atoms with E-state index in [1.165, 1.54) is 112 Å². The number of ether oxygens (including phenoxy) is 1. The molecule has 4 rings (SSSR count). The molecule has 12 atom stereocenters. The fourth-order valence-electron chi connectivity index (χ4n) is 12.7. The van der Waals surface area contributed by atoms with Gasteiger partial charge in [0.1, 0.15) is 66.2 Å². The van der Waals surface area contributed by atoms with E-state index in [1.54, 1.807) is 44.2 Å². The van der Waals surface area contributed by atoms with Gasteiger partial charge >= 0.3 is 6.61 Å². The number of unbranched alkanes of at least 4 members (excludes halogenated alkanes) is 1. The third-order valence-electron chi connectivity index (χ3n) is 19.6. The van der Waals surface area contributed by atoms with Crippen LogP contribution in [0.4, 0.5) is 8.78 Å². The number of hydrogen-bond donors (Lipinski definition) is 5. The van der Waals surface area contributed by atoms with Crippen LogP contribution in [-0.2, 0) is 70.4 Å². The normalized spacial score (nSPS) is 25.1. The molecular formula is C74H116F2N12O14. The van der Waals surface area contributed by atoms with Gasteiger partial charge < -0.3 is 70.3 Å². The summed E-state index contributed by atoms with van der Waals surface area (Å²) in [5, 5.41) is 22.5. The highest BCUT2D eigenvalue weighted by Crippen LogP contribution is 2.25. The second-order valence-electron chi connectivity index (χ2n) is 29.0. The monoisotopic (exact) mass is 1430 g/mol. The van der Waals surface area contributed by atoms with Crippen molar-refractivity contribution in [2.75, 3.05) is 68.5 Å². The average Bonchev–Trinajstić information content (AvgIpc) is 0.781. The van der Waals surface area contributed by atoms with Gasteiger partial charge in [-0.2, -0.15) is 8.78 Å². The fraction of sp³-hybridized carbons (Fsp3) is 0.676. The third kappa shape index (κ3) is 24.4. The number of alkyl halides is 2. The number of carbonyl (C=O) groups is 12. The van der Waals surface area contributed by atoms with Crippen LogP contribution in [0.3, 0.4) is 0 Å². The van der Waals surface area contributed by atoms with E-state index in [-0.39, 0.29) is 62.2 Å². The predicted molar refractivity (Wildman–Crippen MR) is 381 cm³/mol. The summed E-state index contributed by atoms with van der Waals surface area (Å²) in [6.45, 7) is 17.3. The van der Waals surface area contributed by atoms with Crippen molar-refractivity contribution in [2.45, 2.75) is 233 Å². The number of carbonyl (C=O) groups excluding carboxylic acids is 12. The molecule has 0 radical (unpaired) electrons. The predicted octanol–water partition coefficient (Wildman–Crippen LogP) is 4.62. The molecule has 2 aromatic carbocycles. The number of likely N-dealkylation sites (tertiary alicyclic amines) is 1. The van der Waals surface area contributed by atoms with Crippen molar-refractivity contribution in [1.82, 2.24) is 60.5 Å². The summed E-state index contributed by atoms with van der Waals surface area (Å²) in [5.41, 5.74) is 0.980. The van der Waals surface area contributed by atoms with Crippen LogP contribution in [0.15, 0.2) is 54.6 Å². The second-order valence-corrected chi connectivity index (χ2v) is 29.0. The van der Waals surface area contributed by atoms with Gasteiger partial charge in [-0.25, -0.2) is 0 Å². The maximum Gasteiger partial charge on any atom is 0.387 e. The molecule has 2 fully saturated rings. The van der Waals surface area contributed by atoms with E-state index in [9.17, 15) is 47.4 Å². The van der Waals surface area contributed by atoms with Crippen LogP contribution in [0.2, 0.25) is 0 Å². The smallest absolute Gasteiger partial charge is 0.387 e. The van der Waals surface area contributed by atoms with Gasteiger partial charge in [0, 0.05) is 74.8 Å². The molecule has 26 nitrogen and oxygen atoms in total. The number of aliphatic hydroxyl groups is 1. The Morgan fingerprint density at radius 3 is 1.54 bits per heavy atom. The summed E-state index contributed by atoms with van der Waals surface area (Å²) in [5.74, 6) is -10.6. The average molecular weight is 1440 g/mol. The standard InChI is InChI=1S/C74H116F2N12O14/c1-19-21-34-88-43-61(91)82(14)49(11)65(93)78-56(70(98)87-35-26-23-27-36-87)42-60(90)81(13)48(10)64(92)77-55(40-52-30-32-53(33-31-52)102-74(75)76)69(97)84(16)58(38-45(5)6)71(99)83(15)57(41-51-28-24-22-25-29-51)66(94)79-54(37-44(3)4)68(96)85(17)59(39-46(7)8)72(100)86(18)63(47(9)20-2)67(95)80-62(50(12)89)73(88)101/h22,24-25,28-33,44-50,54-59,62-63,74,89H,19-21,23,26-27,34-43H2,1-18H3,(H,77,92)(H,78,93)(H,79,94)(H,80,95)/t47-,48-,49-,50+,54-,55-,56-,57-,58-,59-,62-,63-/m0/s1. The maximum absolute atomic E-state index is 15.6. The second kappa shape index (κ2) is 40.5. The Labute approximate surface area is 602 Å². The van der Waals surface area contributed by atoms with E-state index in [1.807, 2.05) is 48.5 Å². The zero-order chi connectivity index (χ0) is 76.7. The minimum absolute atomic E-state index is 0.0216. The molecule has 570 valence electrons. The number of halogens is 2. The first-order valence-corrected chi connectivity index (χ1v) is 36.0. The van der Waals surface area contributed by atoms with E-state index in [4.69, 9.17) is 0 Å². The Bertz CT molecular complexity index is 3150. The Morgan fingerprint density at radius 1 is 0.539 bits per heavy atom. The molecule has 5 N–H and O–H groups in total. The van der Waals surface area contributed by atoms with Crippen molar-refractivity contribution < 1.29 is 76.2 Å². The number of benzene rings is 2. The Morgan fingerprint density at radius 2 is 1.03 bits per heavy atom. The summed E-state index contributed by atoms with van der Waals surface area (Å²) in [6, 6.07) is 0.179. The van der Waals surface area contributed by atoms with Gasteiger partial charge in [0.25, 0.3) is 0 Å². The van der Waals surface area contributed by atoms with E-state index in [0.717, 1.165) is 21.1 Å². The molecule has 2 saturated heterocycles. The molecule has 2 aromatic rings. The molecule has 28 heteroatoms. The first-order valence-electron chi connectivity index (χ1n) is 36.0. The number of nitrogens with zero attached hydrogens (tertiary/aromatic N) is 8. The van der Waals surface area contributed by atoms with Gasteiger partial charge in [0.2, 0.25) is 70.9 Å². The van der Waals surface area contributed by atoms with Crippen molar-refractivity contribution in [3.05, 3.63) is 65.7 Å². The summed E-state index contributed by atoms with van der Waals surface area (Å²) in [7, 11) is 8.25. The third-order valence-corrected chi connectivity index (χ3v) is 19.6. The zero-order valence-corrected chi connectivity index (χ0v) is 63.3. The lowest BCUT2D eigenvalue weighted by Crippen LogP contribution is -2.63. The summed E-state index contributed by atoms with van der Waals surface area (Å²) in [4.78, 5) is 189. The lowest BCUT2D eigenvalue weighted by molar-refractivity contribution is -0.152. The van der Waals surface area contributed by atoms with E-state index in [2.05, 4.69) is 26.0 Å². The molecule has 102 heavy (non-hydrogen) atoms. The summed E-state index contributed by atoms with van der Waals surface area (Å²) in [6.07, 6.45) is 0.945. The molecule has 2 aliphatic rings. The summed E-state index contributed by atoms with van der Waals surface area (Å²) < 4.78 is 31.3. The lowest BCUT2D eigenvalue weighted by Gasteiger charge is -2.39. The van der Waals surface area contributed by atoms with Gasteiger partial charge in [-0.15, -0.1) is 0 Å². The first kappa shape index (κ1) is 86.1. The molecule has 0 bridgehead atoms. The molecule has 0 aromatic heterocycles. The van der Waals surface area contributed by atoms with Gasteiger partial charge in [-0.1, -0.05) is 118 Å². The van der Waals surface area contributed by atoms with Crippen LogP contribution in [0.1, 0.15) is 158 Å². The minimum atomic E-state index is -3.15. The largest absolute Gasteiger partial charge is 0.435 e. The molecule has 0 saturated carbocycles. The molecule has 0 unspecified atom stereocenters. The van der Waals surface area contributed by atoms with Crippen LogP contribution in [-0.4, -0.2) is 257 Å². The SMILES string of the molecule is CCCCN1CC(=O)N(C)[C@@H](C)C(=O)N[C@H](C(=O)N2CCCCC2)CC(=O)N(C)[C@@H](C)C(=O)N[C@@H](Cc2ccc(OC(F)F)cc2)C(=O)N(C)[C@@H](CC(C)C)C(=O)N(C)[C@@H](Cc2ccccc2)C(=O)N[C@@H](CC(C)C)C(=O)N(C)[C@@H](CC(C)C)C(=O)N(C)[C@@H]([C@@H](C)CC)C(=O)N[C@@H]([C@@H](C)O)C1=O. The number of rotatable bonds is 19. The topological polar surface area (TPSA) is 308 Å². The van der Waals surface area contributed by atoms with Crippen LogP contribution in [0.25, 0.3) is 0 Å². The molecule has 2 heterocycles. The quantitative estimate of drug-likeness (QED) is 0.128. The van der Waals surface area contributed by atoms with Crippen molar-refractivity contribution in [3.8, 4) is 5.75 Å². The van der Waals surface area contributed by atoms with Gasteiger partial charge in [-0.3, -0.25) is 57.5 Å². The Kier molecular flexibility index (Phi) is 34.2. The van der Waals surface area contributed by atoms with Gasteiger partial charge in [0.15, 0.2) is 0 Å². The number of amides is 12. The van der Waals surface area contributed by atoms with Gasteiger partial charge in [-0.05, 0) is 113 Å². The summed E-state index contributed by atoms with van der Waals surface area (Å²) >= 11 is 0. The van der Waals surface area contributed by atoms with Crippen molar-refractivity contribution in [2.24, 2.45) is 23.7 Å². The molecule has 12 amide bonds. The van der Waals surface area contributed by atoms with Crippen molar-refractivity contribution >= 4 is 70.9 Å². The molecule has 0 spiro atoms. The lowest BCUT2D eigenvalue weighted by atomic mass is 9.93. The number of likely N-dealkylation sites (N-methyl/N-ethyl adjacent to an activating group) is 6. The maximum atomic E-state index is 15.6. The number of aliphatic hydroxyl groups excluding tert-OH is 1. The van der Waals surface area contributed by atoms with Crippen molar-refractivity contribution in [1.29, 1.82) is 0 Å². The highest BCUT2D eigenvalue weighted by Gasteiger charge is 2.44. The van der Waals surface area contributed by atoms with E-state index < -0.39 is 163 Å². The van der Waals surface area contributed by atoms with E-state index >= 15 is 24.0 Å². The van der Waals surface area contributed by atoms with Crippen molar-refractivity contribution in [3.63, 3.8) is 0 Å². The highest BCUT2D eigenvalue weighted by atomic mass is 19.3. The molecule has 0 aliphatic carbocycles. The van der Waals surface area contributed by atoms with Crippen LogP contribution in [0.5, 0.6) is 5.75 Å². The van der Waals surface area contributed by atoms with E-state index in [0.29, 0.717) is 56.3 Å². The van der Waals surface area contributed by atoms with Crippen LogP contribution >= 0.6 is 0 Å². The number of piperidine rings is 1. The zero-order valence-electron chi connectivity index (χ0n) is 63.3. The minimum Gasteiger partial charge on any atom is -0.435 e.